The fourth-order valence-corrected chi connectivity index (χ4v) is 3.89. The molecule has 26 heavy (non-hydrogen) atoms. The Morgan fingerprint density at radius 1 is 1.19 bits per heavy atom. The van der Waals surface area contributed by atoms with Crippen molar-refractivity contribution in [3.05, 3.63) is 41.1 Å². The van der Waals surface area contributed by atoms with Crippen LogP contribution in [0, 0.1) is 12.8 Å². The van der Waals surface area contributed by atoms with Gasteiger partial charge in [0, 0.05) is 23.0 Å². The highest BCUT2D eigenvalue weighted by atomic mass is 35.5. The van der Waals surface area contributed by atoms with Crippen LogP contribution in [0.4, 0.5) is 0 Å². The summed E-state index contributed by atoms with van der Waals surface area (Å²) in [5.41, 5.74) is 9.78. The minimum Gasteiger partial charge on any atom is -0.349 e. The first-order valence-electron chi connectivity index (χ1n) is 9.08. The van der Waals surface area contributed by atoms with Crippen LogP contribution in [0.5, 0.6) is 0 Å². The number of halogens is 2. The Morgan fingerprint density at radius 2 is 1.96 bits per heavy atom. The smallest absolute Gasteiger partial charge is 0.252 e. The molecule has 2 fully saturated rings. The molecule has 1 amide bonds. The van der Waals surface area contributed by atoms with Crippen LogP contribution in [0.3, 0.4) is 0 Å². The Hall–Kier alpha value is -1.36. The van der Waals surface area contributed by atoms with E-state index in [0.29, 0.717) is 18.4 Å². The SMILES string of the molecule is Cc1ccc2nc(C3CC3)cc(C(=O)NC3CCCC3CN)c2c1.Cl.Cl. The van der Waals surface area contributed by atoms with Crippen LogP contribution in [0.2, 0.25) is 0 Å². The summed E-state index contributed by atoms with van der Waals surface area (Å²) < 4.78 is 0. The van der Waals surface area contributed by atoms with E-state index in [9.17, 15) is 4.79 Å². The van der Waals surface area contributed by atoms with Gasteiger partial charge in [0.2, 0.25) is 0 Å². The molecule has 2 aromatic rings. The highest BCUT2D eigenvalue weighted by molar-refractivity contribution is 6.06. The normalized spacial score (nSPS) is 21.8. The molecule has 2 aliphatic carbocycles. The zero-order valence-corrected chi connectivity index (χ0v) is 16.7. The number of hydrogen-bond acceptors (Lipinski definition) is 3. The van der Waals surface area contributed by atoms with Crippen LogP contribution < -0.4 is 11.1 Å². The molecule has 3 N–H and O–H groups in total. The fraction of sp³-hybridized carbons (Fsp3) is 0.500. The van der Waals surface area contributed by atoms with Crippen LogP contribution >= 0.6 is 24.8 Å². The standard InChI is InChI=1S/C20H25N3O.2ClH/c1-12-5-8-18-15(9-12)16(10-19(22-18)13-6-7-13)20(24)23-17-4-2-3-14(17)11-21;;/h5,8-10,13-14,17H,2-4,6-7,11,21H2,1H3,(H,23,24);2*1H. The minimum atomic E-state index is 0. The van der Waals surface area contributed by atoms with Crippen molar-refractivity contribution in [3.63, 3.8) is 0 Å². The number of aromatic nitrogens is 1. The van der Waals surface area contributed by atoms with E-state index in [0.717, 1.165) is 47.0 Å². The molecule has 2 atom stereocenters. The van der Waals surface area contributed by atoms with Gasteiger partial charge in [-0.3, -0.25) is 9.78 Å². The second-order valence-corrected chi connectivity index (χ2v) is 7.40. The molecule has 0 bridgehead atoms. The molecule has 0 radical (unpaired) electrons. The van der Waals surface area contributed by atoms with Gasteiger partial charge in [-0.2, -0.15) is 0 Å². The highest BCUT2D eigenvalue weighted by Gasteiger charge is 2.30. The van der Waals surface area contributed by atoms with E-state index in [2.05, 4.69) is 24.4 Å². The van der Waals surface area contributed by atoms with Gasteiger partial charge in [-0.15, -0.1) is 24.8 Å². The maximum Gasteiger partial charge on any atom is 0.252 e. The number of pyridine rings is 1. The second kappa shape index (κ2) is 8.55. The summed E-state index contributed by atoms with van der Waals surface area (Å²) in [6.07, 6.45) is 5.67. The molecular weight excluding hydrogens is 369 g/mol. The molecule has 0 spiro atoms. The number of carbonyl (C=O) groups excluding carboxylic acids is 1. The van der Waals surface area contributed by atoms with Gasteiger partial charge in [-0.25, -0.2) is 0 Å². The Morgan fingerprint density at radius 3 is 2.65 bits per heavy atom. The van der Waals surface area contributed by atoms with Crippen molar-refractivity contribution < 1.29 is 4.79 Å². The van der Waals surface area contributed by atoms with Crippen LogP contribution in [-0.4, -0.2) is 23.5 Å². The number of hydrogen-bond donors (Lipinski definition) is 2. The number of benzene rings is 1. The van der Waals surface area contributed by atoms with Gasteiger partial charge >= 0.3 is 0 Å². The average molecular weight is 396 g/mol. The van der Waals surface area contributed by atoms with Gasteiger partial charge in [0.15, 0.2) is 0 Å². The summed E-state index contributed by atoms with van der Waals surface area (Å²) in [4.78, 5) is 17.8. The lowest BCUT2D eigenvalue weighted by Crippen LogP contribution is -2.40. The summed E-state index contributed by atoms with van der Waals surface area (Å²) in [5, 5.41) is 4.21. The van der Waals surface area contributed by atoms with Crippen molar-refractivity contribution >= 4 is 41.6 Å². The molecule has 142 valence electrons. The summed E-state index contributed by atoms with van der Waals surface area (Å²) >= 11 is 0. The lowest BCUT2D eigenvalue weighted by molar-refractivity contribution is 0.0930. The molecule has 1 heterocycles. The maximum absolute atomic E-state index is 13.0. The largest absolute Gasteiger partial charge is 0.349 e. The molecule has 0 saturated heterocycles. The van der Waals surface area contributed by atoms with Crippen molar-refractivity contribution in [2.75, 3.05) is 6.54 Å². The minimum absolute atomic E-state index is 0. The van der Waals surface area contributed by atoms with Gasteiger partial charge in [0.05, 0.1) is 11.1 Å². The predicted octanol–water partition coefficient (Wildman–Crippen LogP) is 4.12. The number of aryl methyl sites for hydroxylation is 1. The molecule has 2 unspecified atom stereocenters. The molecule has 1 aromatic carbocycles. The molecule has 2 saturated carbocycles. The molecule has 6 heteroatoms. The fourth-order valence-electron chi connectivity index (χ4n) is 3.89. The van der Waals surface area contributed by atoms with Gasteiger partial charge < -0.3 is 11.1 Å². The Balaban J connectivity index is 0.00000121. The van der Waals surface area contributed by atoms with E-state index >= 15 is 0 Å². The van der Waals surface area contributed by atoms with Crippen LogP contribution in [0.1, 0.15) is 59.6 Å². The molecule has 0 aliphatic heterocycles. The number of nitrogens with one attached hydrogen (secondary N) is 1. The third-order valence-corrected chi connectivity index (χ3v) is 5.50. The van der Waals surface area contributed by atoms with E-state index in [1.165, 1.54) is 12.8 Å². The van der Waals surface area contributed by atoms with Crippen molar-refractivity contribution in [2.45, 2.75) is 51.0 Å². The third kappa shape index (κ3) is 4.13. The monoisotopic (exact) mass is 395 g/mol. The number of nitrogens with two attached hydrogens (primary N) is 1. The zero-order chi connectivity index (χ0) is 16.7. The van der Waals surface area contributed by atoms with Crippen molar-refractivity contribution in [2.24, 2.45) is 11.7 Å². The highest BCUT2D eigenvalue weighted by Crippen LogP contribution is 2.40. The molecule has 1 aromatic heterocycles. The number of carbonyl (C=O) groups is 1. The first-order valence-corrected chi connectivity index (χ1v) is 9.08. The van der Waals surface area contributed by atoms with Gasteiger partial charge in [-0.05, 0) is 63.3 Å². The third-order valence-electron chi connectivity index (χ3n) is 5.50. The Labute approximate surface area is 167 Å². The Bertz CT molecular complexity index is 792. The van der Waals surface area contributed by atoms with Crippen molar-refractivity contribution in [1.29, 1.82) is 0 Å². The van der Waals surface area contributed by atoms with Crippen molar-refractivity contribution in [1.82, 2.24) is 10.3 Å². The van der Waals surface area contributed by atoms with E-state index < -0.39 is 0 Å². The molecular formula is C20H27Cl2N3O. The number of amides is 1. The second-order valence-electron chi connectivity index (χ2n) is 7.40. The summed E-state index contributed by atoms with van der Waals surface area (Å²) in [6.45, 7) is 2.70. The summed E-state index contributed by atoms with van der Waals surface area (Å²) in [7, 11) is 0. The van der Waals surface area contributed by atoms with Gasteiger partial charge in [0.25, 0.3) is 5.91 Å². The van der Waals surface area contributed by atoms with Gasteiger partial charge in [0.1, 0.15) is 0 Å². The summed E-state index contributed by atoms with van der Waals surface area (Å²) in [6, 6.07) is 8.39. The van der Waals surface area contributed by atoms with E-state index in [-0.39, 0.29) is 36.8 Å². The first kappa shape index (κ1) is 20.9. The summed E-state index contributed by atoms with van der Waals surface area (Å²) in [5.74, 6) is 0.970. The maximum atomic E-state index is 13.0. The number of rotatable bonds is 4. The quantitative estimate of drug-likeness (QED) is 0.817. The molecule has 4 nitrogen and oxygen atoms in total. The molecule has 2 aliphatic rings. The lowest BCUT2D eigenvalue weighted by atomic mass is 10.0. The van der Waals surface area contributed by atoms with Crippen molar-refractivity contribution in [3.8, 4) is 0 Å². The van der Waals surface area contributed by atoms with E-state index in [4.69, 9.17) is 10.7 Å². The Kier molecular flexibility index (Phi) is 6.89. The lowest BCUT2D eigenvalue weighted by Gasteiger charge is -2.20. The van der Waals surface area contributed by atoms with E-state index in [1.54, 1.807) is 0 Å². The zero-order valence-electron chi connectivity index (χ0n) is 15.0. The van der Waals surface area contributed by atoms with Gasteiger partial charge in [-0.1, -0.05) is 18.1 Å². The predicted molar refractivity (Wildman–Crippen MR) is 111 cm³/mol. The molecule has 4 rings (SSSR count). The number of fused-ring (bicyclic) bond motifs is 1. The van der Waals surface area contributed by atoms with Crippen LogP contribution in [0.15, 0.2) is 24.3 Å². The van der Waals surface area contributed by atoms with Crippen LogP contribution in [0.25, 0.3) is 10.9 Å². The van der Waals surface area contributed by atoms with Crippen LogP contribution in [-0.2, 0) is 0 Å². The topological polar surface area (TPSA) is 68.0 Å². The average Bonchev–Trinajstić information content (AvgIpc) is 3.34. The first-order chi connectivity index (χ1) is 11.7. The van der Waals surface area contributed by atoms with E-state index in [1.807, 2.05) is 12.1 Å². The number of nitrogens with zero attached hydrogens (tertiary/aromatic N) is 1.